The molecule has 1 heterocycles. The highest BCUT2D eigenvalue weighted by molar-refractivity contribution is 6.11. The molecule has 1 aliphatic rings. The van der Waals surface area contributed by atoms with Crippen molar-refractivity contribution in [2.75, 3.05) is 6.61 Å². The molecule has 1 unspecified atom stereocenters. The Labute approximate surface area is 176 Å². The van der Waals surface area contributed by atoms with Crippen LogP contribution in [0.3, 0.4) is 0 Å². The molecule has 31 heavy (non-hydrogen) atoms. The largest absolute Gasteiger partial charge is 0.489 e. The molecule has 0 saturated heterocycles. The van der Waals surface area contributed by atoms with Crippen LogP contribution in [0.1, 0.15) is 40.9 Å². The van der Waals surface area contributed by atoms with E-state index < -0.39 is 35.6 Å². The summed E-state index contributed by atoms with van der Waals surface area (Å²) in [5.41, 5.74) is 0.515. The number of hydrogen-bond acceptors (Lipinski definition) is 5. The molecule has 0 bridgehead atoms. The van der Waals surface area contributed by atoms with Gasteiger partial charge < -0.3 is 9.47 Å². The predicted octanol–water partition coefficient (Wildman–Crippen LogP) is 3.76. The first-order valence-corrected chi connectivity index (χ1v) is 9.56. The maximum Gasteiger partial charge on any atom is 0.416 e. The van der Waals surface area contributed by atoms with Crippen LogP contribution < -0.4 is 4.74 Å². The summed E-state index contributed by atoms with van der Waals surface area (Å²) in [4.78, 5) is 38.1. The Kier molecular flexibility index (Phi) is 6.33. The highest BCUT2D eigenvalue weighted by atomic mass is 19.4. The van der Waals surface area contributed by atoms with Gasteiger partial charge in [-0.25, -0.2) is 4.79 Å². The monoisotopic (exact) mass is 435 g/mol. The number of rotatable bonds is 6. The number of amides is 2. The topological polar surface area (TPSA) is 72.9 Å². The Morgan fingerprint density at radius 2 is 1.81 bits per heavy atom. The van der Waals surface area contributed by atoms with Crippen molar-refractivity contribution in [3.05, 3.63) is 64.7 Å². The molecule has 3 rings (SSSR count). The number of esters is 1. The second-order valence-electron chi connectivity index (χ2n) is 6.98. The number of alkyl halides is 3. The van der Waals surface area contributed by atoms with Crippen molar-refractivity contribution in [2.24, 2.45) is 0 Å². The second-order valence-corrected chi connectivity index (χ2v) is 6.98. The number of carbonyl (C=O) groups is 3. The third-order valence-corrected chi connectivity index (χ3v) is 4.84. The molecule has 6 nitrogen and oxygen atoms in total. The van der Waals surface area contributed by atoms with Gasteiger partial charge in [0.2, 0.25) is 5.91 Å². The highest BCUT2D eigenvalue weighted by Crippen LogP contribution is 2.30. The van der Waals surface area contributed by atoms with Crippen molar-refractivity contribution in [2.45, 2.75) is 39.1 Å². The van der Waals surface area contributed by atoms with E-state index in [0.29, 0.717) is 16.9 Å². The summed E-state index contributed by atoms with van der Waals surface area (Å²) in [6, 6.07) is 8.13. The summed E-state index contributed by atoms with van der Waals surface area (Å²) in [5.74, 6) is -1.42. The Balaban J connectivity index is 1.71. The zero-order valence-corrected chi connectivity index (χ0v) is 16.9. The average molecular weight is 435 g/mol. The molecule has 2 amide bonds. The third kappa shape index (κ3) is 4.87. The molecule has 0 N–H and O–H groups in total. The van der Waals surface area contributed by atoms with Gasteiger partial charge in [0.25, 0.3) is 5.91 Å². The van der Waals surface area contributed by atoms with Crippen molar-refractivity contribution in [3.63, 3.8) is 0 Å². The first-order valence-electron chi connectivity index (χ1n) is 9.56. The number of imide groups is 1. The van der Waals surface area contributed by atoms with E-state index in [-0.39, 0.29) is 25.2 Å². The zero-order chi connectivity index (χ0) is 22.8. The van der Waals surface area contributed by atoms with Gasteiger partial charge in [0.15, 0.2) is 0 Å². The van der Waals surface area contributed by atoms with Gasteiger partial charge in [-0.1, -0.05) is 12.1 Å². The molecule has 0 radical (unpaired) electrons. The van der Waals surface area contributed by atoms with Crippen LogP contribution in [0, 0.1) is 0 Å². The van der Waals surface area contributed by atoms with Crippen LogP contribution in [0.4, 0.5) is 13.2 Å². The quantitative estimate of drug-likeness (QED) is 0.510. The number of benzene rings is 2. The number of carbonyl (C=O) groups excluding carboxylic acids is 3. The van der Waals surface area contributed by atoms with Crippen molar-refractivity contribution in [3.8, 4) is 5.75 Å². The van der Waals surface area contributed by atoms with E-state index in [1.165, 1.54) is 31.2 Å². The predicted molar refractivity (Wildman–Crippen MR) is 103 cm³/mol. The number of halogens is 3. The number of ether oxygens (including phenoxy) is 2. The lowest BCUT2D eigenvalue weighted by Gasteiger charge is -2.30. The molecule has 9 heteroatoms. The zero-order valence-electron chi connectivity index (χ0n) is 16.9. The number of hydrogen-bond donors (Lipinski definition) is 0. The van der Waals surface area contributed by atoms with Crippen molar-refractivity contribution in [1.82, 2.24) is 4.90 Å². The van der Waals surface area contributed by atoms with E-state index in [2.05, 4.69) is 0 Å². The highest BCUT2D eigenvalue weighted by Gasteiger charge is 2.37. The Morgan fingerprint density at radius 1 is 1.13 bits per heavy atom. The first kappa shape index (κ1) is 22.3. The molecular weight excluding hydrogens is 415 g/mol. The molecular formula is C22H20F3NO5. The first-order chi connectivity index (χ1) is 14.6. The molecule has 0 aliphatic carbocycles. The van der Waals surface area contributed by atoms with Crippen LogP contribution in [0.2, 0.25) is 0 Å². The fraction of sp³-hybridized carbons (Fsp3) is 0.318. The van der Waals surface area contributed by atoms with Crippen LogP contribution >= 0.6 is 0 Å². The van der Waals surface area contributed by atoms with Crippen LogP contribution in [0.5, 0.6) is 5.75 Å². The van der Waals surface area contributed by atoms with Gasteiger partial charge >= 0.3 is 12.1 Å². The lowest BCUT2D eigenvalue weighted by atomic mass is 9.97. The summed E-state index contributed by atoms with van der Waals surface area (Å²) in [6.07, 6.45) is -4.50. The minimum absolute atomic E-state index is 0.0187. The van der Waals surface area contributed by atoms with E-state index >= 15 is 0 Å². The van der Waals surface area contributed by atoms with Crippen molar-refractivity contribution in [1.29, 1.82) is 0 Å². The van der Waals surface area contributed by atoms with Gasteiger partial charge in [0.05, 0.1) is 18.6 Å². The van der Waals surface area contributed by atoms with Crippen LogP contribution in [0.15, 0.2) is 42.5 Å². The van der Waals surface area contributed by atoms with E-state index in [4.69, 9.17) is 9.47 Å². The van der Waals surface area contributed by atoms with Gasteiger partial charge in [-0.05, 0) is 55.3 Å². The maximum absolute atomic E-state index is 12.7. The van der Waals surface area contributed by atoms with Gasteiger partial charge in [0.1, 0.15) is 18.4 Å². The standard InChI is InChI=1S/C22H20F3NO5/c1-3-30-21(29)13(2)26-19(27)11-15-10-17(8-9-18(15)20(26)28)31-12-14-4-6-16(7-5-14)22(23,24)25/h4-10,13H,3,11-12H2,1-2H3. The van der Waals surface area contributed by atoms with E-state index in [1.54, 1.807) is 13.0 Å². The molecule has 0 aromatic heterocycles. The van der Waals surface area contributed by atoms with E-state index in [9.17, 15) is 27.6 Å². The molecule has 164 valence electrons. The maximum atomic E-state index is 12.7. The van der Waals surface area contributed by atoms with Crippen LogP contribution in [-0.2, 0) is 33.5 Å². The summed E-state index contributed by atoms with van der Waals surface area (Å²) in [6.45, 7) is 3.22. The van der Waals surface area contributed by atoms with Crippen molar-refractivity contribution >= 4 is 17.8 Å². The van der Waals surface area contributed by atoms with Gasteiger partial charge in [-0.2, -0.15) is 13.2 Å². The molecule has 1 atom stereocenters. The Morgan fingerprint density at radius 3 is 2.42 bits per heavy atom. The summed E-state index contributed by atoms with van der Waals surface area (Å²) in [5, 5.41) is 0. The lowest BCUT2D eigenvalue weighted by Crippen LogP contribution is -2.50. The molecule has 1 aliphatic heterocycles. The molecule has 2 aromatic rings. The van der Waals surface area contributed by atoms with Gasteiger partial charge in [-0.3, -0.25) is 14.5 Å². The Bertz CT molecular complexity index is 1000. The fourth-order valence-electron chi connectivity index (χ4n) is 3.22. The third-order valence-electron chi connectivity index (χ3n) is 4.84. The minimum Gasteiger partial charge on any atom is -0.489 e. The van der Waals surface area contributed by atoms with Gasteiger partial charge in [0, 0.05) is 5.56 Å². The molecule has 2 aromatic carbocycles. The van der Waals surface area contributed by atoms with E-state index in [0.717, 1.165) is 17.0 Å². The average Bonchev–Trinajstić information content (AvgIpc) is 2.71. The van der Waals surface area contributed by atoms with Crippen LogP contribution in [-0.4, -0.2) is 35.3 Å². The summed E-state index contributed by atoms with van der Waals surface area (Å²) in [7, 11) is 0. The van der Waals surface area contributed by atoms with Crippen molar-refractivity contribution < 1.29 is 37.0 Å². The summed E-state index contributed by atoms with van der Waals surface area (Å²) < 4.78 is 48.4. The Hall–Kier alpha value is -3.36. The fourth-order valence-corrected chi connectivity index (χ4v) is 3.22. The van der Waals surface area contributed by atoms with E-state index in [1.807, 2.05) is 0 Å². The minimum atomic E-state index is -4.41. The van der Waals surface area contributed by atoms with Crippen LogP contribution in [0.25, 0.3) is 0 Å². The molecule has 0 fully saturated rings. The number of nitrogens with zero attached hydrogens (tertiary/aromatic N) is 1. The normalized spacial score (nSPS) is 14.8. The smallest absolute Gasteiger partial charge is 0.416 e. The summed E-state index contributed by atoms with van der Waals surface area (Å²) >= 11 is 0. The van der Waals surface area contributed by atoms with Gasteiger partial charge in [-0.15, -0.1) is 0 Å². The lowest BCUT2D eigenvalue weighted by molar-refractivity contribution is -0.152. The number of fused-ring (bicyclic) bond motifs is 1. The SMILES string of the molecule is CCOC(=O)C(C)N1C(=O)Cc2cc(OCc3ccc(C(F)(F)F)cc3)ccc2C1=O. The second kappa shape index (κ2) is 8.79. The molecule has 0 saturated carbocycles. The molecule has 0 spiro atoms.